The maximum absolute atomic E-state index is 11.4. The fourth-order valence-corrected chi connectivity index (χ4v) is 2.08. The Morgan fingerprint density at radius 2 is 2.07 bits per heavy atom. The van der Waals surface area contributed by atoms with Crippen LogP contribution in [-0.4, -0.2) is 10.8 Å². The highest BCUT2D eigenvalue weighted by Gasteiger charge is 2.06. The summed E-state index contributed by atoms with van der Waals surface area (Å²) < 4.78 is 0. The fourth-order valence-electron chi connectivity index (χ4n) is 1.14. The molecule has 0 radical (unpaired) electrons. The third-order valence-electron chi connectivity index (χ3n) is 1.85. The molecule has 76 valence electrons. The first-order valence-corrected chi connectivity index (χ1v) is 5.41. The van der Waals surface area contributed by atoms with E-state index in [1.165, 1.54) is 4.88 Å². The van der Waals surface area contributed by atoms with Crippen molar-refractivity contribution in [3.05, 3.63) is 27.2 Å². The van der Waals surface area contributed by atoms with Crippen LogP contribution >= 0.6 is 11.3 Å². The minimum absolute atomic E-state index is 0.138. The lowest BCUT2D eigenvalue weighted by Crippen LogP contribution is -1.98. The average Bonchev–Trinajstić information content (AvgIpc) is 2.28. The maximum Gasteiger partial charge on any atom is 0.162 e. The number of nitrogens with zero attached hydrogens (tertiary/aromatic N) is 1. The van der Waals surface area contributed by atoms with E-state index < -0.39 is 0 Å². The Morgan fingerprint density at radius 3 is 2.50 bits per heavy atom. The van der Waals surface area contributed by atoms with Crippen molar-refractivity contribution in [3.63, 3.8) is 0 Å². The first kappa shape index (κ1) is 11.1. The van der Waals surface area contributed by atoms with Gasteiger partial charge < -0.3 is 0 Å². The van der Waals surface area contributed by atoms with E-state index in [0.29, 0.717) is 6.42 Å². The van der Waals surface area contributed by atoms with Gasteiger partial charge in [0.1, 0.15) is 5.01 Å². The van der Waals surface area contributed by atoms with Crippen molar-refractivity contribution in [1.82, 2.24) is 4.98 Å². The molecule has 1 rings (SSSR count). The zero-order valence-electron chi connectivity index (χ0n) is 9.05. The molecule has 0 amide bonds. The molecule has 0 saturated heterocycles. The molecule has 0 aliphatic heterocycles. The second-order valence-electron chi connectivity index (χ2n) is 3.61. The third kappa shape index (κ3) is 3.07. The van der Waals surface area contributed by atoms with Gasteiger partial charge in [-0.15, -0.1) is 11.3 Å². The number of hydrogen-bond acceptors (Lipinski definition) is 3. The molecule has 0 atom stereocenters. The zero-order chi connectivity index (χ0) is 10.7. The molecule has 0 fully saturated rings. The van der Waals surface area contributed by atoms with E-state index in [1.807, 2.05) is 27.7 Å². The van der Waals surface area contributed by atoms with Crippen LogP contribution < -0.4 is 0 Å². The molecule has 0 aliphatic rings. The lowest BCUT2D eigenvalue weighted by molar-refractivity contribution is -0.114. The summed E-state index contributed by atoms with van der Waals surface area (Å²) in [6, 6.07) is 0. The predicted molar refractivity (Wildman–Crippen MR) is 59.7 cm³/mol. The number of hydrogen-bond donors (Lipinski definition) is 0. The van der Waals surface area contributed by atoms with Crippen molar-refractivity contribution in [1.29, 1.82) is 0 Å². The van der Waals surface area contributed by atoms with Gasteiger partial charge in [-0.25, -0.2) is 4.98 Å². The van der Waals surface area contributed by atoms with E-state index in [9.17, 15) is 4.79 Å². The van der Waals surface area contributed by atoms with Gasteiger partial charge in [-0.3, -0.25) is 4.79 Å². The molecule has 0 bridgehead atoms. The predicted octanol–water partition coefficient (Wildman–Crippen LogP) is 2.84. The smallest absolute Gasteiger partial charge is 0.162 e. The maximum atomic E-state index is 11.4. The largest absolute Gasteiger partial charge is 0.294 e. The molecule has 1 heterocycles. The van der Waals surface area contributed by atoms with E-state index in [-0.39, 0.29) is 5.78 Å². The molecular formula is C11H15NOS. The van der Waals surface area contributed by atoms with Gasteiger partial charge in [0.15, 0.2) is 5.78 Å². The average molecular weight is 209 g/mol. The number of aryl methyl sites for hydroxylation is 2. The van der Waals surface area contributed by atoms with Gasteiger partial charge in [-0.2, -0.15) is 0 Å². The van der Waals surface area contributed by atoms with Crippen LogP contribution in [0.5, 0.6) is 0 Å². The normalized spacial score (nSPS) is 10.0. The van der Waals surface area contributed by atoms with E-state index in [0.717, 1.165) is 16.3 Å². The number of carbonyl (C=O) groups is 1. The summed E-state index contributed by atoms with van der Waals surface area (Å²) in [5.74, 6) is 0.138. The van der Waals surface area contributed by atoms with E-state index in [1.54, 1.807) is 17.4 Å². The highest BCUT2D eigenvalue weighted by atomic mass is 32.1. The molecule has 0 aliphatic carbocycles. The number of ketones is 1. The van der Waals surface area contributed by atoms with Crippen molar-refractivity contribution < 1.29 is 4.79 Å². The van der Waals surface area contributed by atoms with E-state index >= 15 is 0 Å². The van der Waals surface area contributed by atoms with Crippen molar-refractivity contribution in [3.8, 4) is 0 Å². The van der Waals surface area contributed by atoms with Gasteiger partial charge in [0.25, 0.3) is 0 Å². The quantitative estimate of drug-likeness (QED) is 0.716. The van der Waals surface area contributed by atoms with Gasteiger partial charge in [0.2, 0.25) is 0 Å². The molecule has 0 saturated carbocycles. The molecule has 0 unspecified atom stereocenters. The summed E-state index contributed by atoms with van der Waals surface area (Å²) in [4.78, 5) is 17.0. The molecule has 14 heavy (non-hydrogen) atoms. The number of allylic oxidation sites excluding steroid dienone is 2. The summed E-state index contributed by atoms with van der Waals surface area (Å²) in [7, 11) is 0. The summed E-state index contributed by atoms with van der Waals surface area (Å²) in [5, 5.41) is 0.919. The van der Waals surface area contributed by atoms with Gasteiger partial charge in [-0.1, -0.05) is 5.57 Å². The van der Waals surface area contributed by atoms with Crippen LogP contribution in [0, 0.1) is 13.8 Å². The molecular weight excluding hydrogens is 194 g/mol. The van der Waals surface area contributed by atoms with Crippen LogP contribution in [0.25, 0.3) is 0 Å². The summed E-state index contributed by atoms with van der Waals surface area (Å²) in [5.41, 5.74) is 2.08. The second kappa shape index (κ2) is 4.51. The molecule has 1 aromatic rings. The summed E-state index contributed by atoms with van der Waals surface area (Å²) >= 11 is 1.61. The SMILES string of the molecule is CC(C)=CC(=O)Cc1nc(C)c(C)s1. The van der Waals surface area contributed by atoms with Crippen molar-refractivity contribution in [2.24, 2.45) is 0 Å². The standard InChI is InChI=1S/C11H15NOS/c1-7(2)5-10(13)6-11-12-8(3)9(4)14-11/h5H,6H2,1-4H3. The van der Waals surface area contributed by atoms with Crippen LogP contribution in [0.4, 0.5) is 0 Å². The highest BCUT2D eigenvalue weighted by molar-refractivity contribution is 7.11. The van der Waals surface area contributed by atoms with Gasteiger partial charge in [0.05, 0.1) is 12.1 Å². The molecule has 1 aromatic heterocycles. The van der Waals surface area contributed by atoms with Gasteiger partial charge in [0, 0.05) is 4.88 Å². The zero-order valence-corrected chi connectivity index (χ0v) is 9.86. The molecule has 0 N–H and O–H groups in total. The molecule has 2 nitrogen and oxygen atoms in total. The number of rotatable bonds is 3. The van der Waals surface area contributed by atoms with Crippen molar-refractivity contribution >= 4 is 17.1 Å². The highest BCUT2D eigenvalue weighted by Crippen LogP contribution is 2.17. The van der Waals surface area contributed by atoms with Crippen LogP contribution in [-0.2, 0) is 11.2 Å². The minimum atomic E-state index is 0.138. The first-order chi connectivity index (χ1) is 6.49. The fraction of sp³-hybridized carbons (Fsp3) is 0.455. The summed E-state index contributed by atoms with van der Waals surface area (Å²) in [6.45, 7) is 7.86. The van der Waals surface area contributed by atoms with E-state index in [2.05, 4.69) is 4.98 Å². The lowest BCUT2D eigenvalue weighted by atomic mass is 10.2. The molecule has 0 aromatic carbocycles. The third-order valence-corrected chi connectivity index (χ3v) is 2.92. The Hall–Kier alpha value is -0.960. The minimum Gasteiger partial charge on any atom is -0.294 e. The van der Waals surface area contributed by atoms with Crippen LogP contribution in [0.2, 0.25) is 0 Å². The van der Waals surface area contributed by atoms with Gasteiger partial charge >= 0.3 is 0 Å². The molecule has 3 heteroatoms. The Labute approximate surface area is 88.7 Å². The second-order valence-corrected chi connectivity index (χ2v) is 4.90. The lowest BCUT2D eigenvalue weighted by Gasteiger charge is -1.91. The number of aromatic nitrogens is 1. The van der Waals surface area contributed by atoms with Crippen LogP contribution in [0.15, 0.2) is 11.6 Å². The van der Waals surface area contributed by atoms with Crippen molar-refractivity contribution in [2.45, 2.75) is 34.1 Å². The Bertz CT molecular complexity index is 353. The van der Waals surface area contributed by atoms with Gasteiger partial charge in [-0.05, 0) is 33.8 Å². The Morgan fingerprint density at radius 1 is 1.43 bits per heavy atom. The van der Waals surface area contributed by atoms with Crippen molar-refractivity contribution in [2.75, 3.05) is 0 Å². The summed E-state index contributed by atoms with van der Waals surface area (Å²) in [6.07, 6.45) is 2.11. The Balaban J connectivity index is 2.70. The van der Waals surface area contributed by atoms with Crippen LogP contribution in [0.3, 0.4) is 0 Å². The number of carbonyl (C=O) groups excluding carboxylic acids is 1. The van der Waals surface area contributed by atoms with Crippen LogP contribution in [0.1, 0.15) is 29.4 Å². The Kier molecular flexibility index (Phi) is 3.58. The van der Waals surface area contributed by atoms with E-state index in [4.69, 9.17) is 0 Å². The molecule has 0 spiro atoms. The first-order valence-electron chi connectivity index (χ1n) is 4.59. The monoisotopic (exact) mass is 209 g/mol. The number of thiazole rings is 1. The topological polar surface area (TPSA) is 30.0 Å².